The van der Waals surface area contributed by atoms with Crippen molar-refractivity contribution in [3.8, 4) is 16.8 Å². The molecule has 0 aliphatic heterocycles. The molecule has 0 unspecified atom stereocenters. The number of carbonyl (C=O) groups excluding carboxylic acids is 2. The number of ether oxygens (including phenoxy) is 1. The second-order valence-electron chi connectivity index (χ2n) is 9.56. The first-order valence-electron chi connectivity index (χ1n) is 13.4. The van der Waals surface area contributed by atoms with Gasteiger partial charge < -0.3 is 10.1 Å². The van der Waals surface area contributed by atoms with E-state index in [0.29, 0.717) is 26.4 Å². The SMILES string of the molecule is CCOC(=O)c1c(-c2ccc(Cl)cc2)csc1NC(=O)CSc1nnc(CS(=O)(=O)c2ccc(C)cc2)n1-c1ccccc1. The maximum absolute atomic E-state index is 13.2. The van der Waals surface area contributed by atoms with Gasteiger partial charge in [0.25, 0.3) is 0 Å². The zero-order valence-corrected chi connectivity index (χ0v) is 26.9. The zero-order valence-electron chi connectivity index (χ0n) is 23.7. The first kappa shape index (κ1) is 31.5. The van der Waals surface area contributed by atoms with Crippen molar-refractivity contribution < 1.29 is 22.7 Å². The molecule has 5 rings (SSSR count). The highest BCUT2D eigenvalue weighted by Crippen LogP contribution is 2.37. The van der Waals surface area contributed by atoms with Gasteiger partial charge in [0, 0.05) is 21.7 Å². The number of thiophene rings is 1. The number of benzene rings is 3. The maximum Gasteiger partial charge on any atom is 0.341 e. The number of sulfone groups is 1. The van der Waals surface area contributed by atoms with E-state index in [2.05, 4.69) is 15.5 Å². The lowest BCUT2D eigenvalue weighted by molar-refractivity contribution is -0.113. The predicted octanol–water partition coefficient (Wildman–Crippen LogP) is 6.84. The molecule has 0 bridgehead atoms. The van der Waals surface area contributed by atoms with Crippen LogP contribution in [0.1, 0.15) is 28.7 Å². The molecule has 0 saturated heterocycles. The number of halogens is 1. The Balaban J connectivity index is 1.38. The van der Waals surface area contributed by atoms with Gasteiger partial charge in [-0.1, -0.05) is 71.4 Å². The molecule has 0 aliphatic carbocycles. The zero-order chi connectivity index (χ0) is 31.3. The second kappa shape index (κ2) is 13.8. The summed E-state index contributed by atoms with van der Waals surface area (Å²) in [6.07, 6.45) is 0. The molecule has 0 atom stereocenters. The lowest BCUT2D eigenvalue weighted by Crippen LogP contribution is -2.17. The summed E-state index contributed by atoms with van der Waals surface area (Å²) in [5, 5.41) is 14.3. The molecule has 13 heteroatoms. The van der Waals surface area contributed by atoms with Gasteiger partial charge in [-0.3, -0.25) is 9.36 Å². The summed E-state index contributed by atoms with van der Waals surface area (Å²) in [7, 11) is -3.72. The number of anilines is 1. The average Bonchev–Trinajstić information content (AvgIpc) is 3.61. The van der Waals surface area contributed by atoms with Crippen molar-refractivity contribution in [3.63, 3.8) is 0 Å². The molecule has 0 saturated carbocycles. The van der Waals surface area contributed by atoms with Gasteiger partial charge in [0.1, 0.15) is 16.3 Å². The Morgan fingerprint density at radius 1 is 1.00 bits per heavy atom. The van der Waals surface area contributed by atoms with Crippen molar-refractivity contribution in [2.45, 2.75) is 29.7 Å². The van der Waals surface area contributed by atoms with E-state index in [4.69, 9.17) is 16.3 Å². The van der Waals surface area contributed by atoms with E-state index in [1.807, 2.05) is 37.3 Å². The molecule has 0 spiro atoms. The van der Waals surface area contributed by atoms with Crippen LogP contribution in [0, 0.1) is 6.92 Å². The molecule has 3 aromatic carbocycles. The minimum Gasteiger partial charge on any atom is -0.462 e. The van der Waals surface area contributed by atoms with Crippen LogP contribution >= 0.6 is 34.7 Å². The summed E-state index contributed by atoms with van der Waals surface area (Å²) in [6.45, 7) is 3.77. The summed E-state index contributed by atoms with van der Waals surface area (Å²) in [4.78, 5) is 26.3. The molecule has 1 N–H and O–H groups in total. The van der Waals surface area contributed by atoms with Crippen molar-refractivity contribution in [3.05, 3.63) is 106 Å². The molecule has 44 heavy (non-hydrogen) atoms. The van der Waals surface area contributed by atoms with Crippen LogP contribution in [-0.4, -0.2) is 47.4 Å². The molecular formula is C31H27ClN4O5S3. The van der Waals surface area contributed by atoms with Gasteiger partial charge >= 0.3 is 5.97 Å². The van der Waals surface area contributed by atoms with E-state index in [-0.39, 0.29) is 40.3 Å². The van der Waals surface area contributed by atoms with Gasteiger partial charge in [-0.15, -0.1) is 21.5 Å². The predicted molar refractivity (Wildman–Crippen MR) is 174 cm³/mol. The number of hydrogen-bond donors (Lipinski definition) is 1. The molecule has 1 amide bonds. The summed E-state index contributed by atoms with van der Waals surface area (Å²) in [5.74, 6) is -1.18. The van der Waals surface area contributed by atoms with Gasteiger partial charge in [0.2, 0.25) is 5.91 Å². The van der Waals surface area contributed by atoms with Crippen molar-refractivity contribution in [2.75, 3.05) is 17.7 Å². The summed E-state index contributed by atoms with van der Waals surface area (Å²) >= 11 is 8.35. The highest BCUT2D eigenvalue weighted by molar-refractivity contribution is 7.99. The molecule has 9 nitrogen and oxygen atoms in total. The number of amides is 1. The van der Waals surface area contributed by atoms with Crippen molar-refractivity contribution in [2.24, 2.45) is 0 Å². The quantitative estimate of drug-likeness (QED) is 0.120. The van der Waals surface area contributed by atoms with E-state index < -0.39 is 15.8 Å². The van der Waals surface area contributed by atoms with Gasteiger partial charge in [-0.05, 0) is 55.8 Å². The minimum absolute atomic E-state index is 0.0773. The van der Waals surface area contributed by atoms with Crippen LogP contribution in [0.5, 0.6) is 0 Å². The maximum atomic E-state index is 13.2. The Hall–Kier alpha value is -3.97. The number of thioether (sulfide) groups is 1. The fourth-order valence-corrected chi connectivity index (χ4v) is 7.43. The number of nitrogens with one attached hydrogen (secondary N) is 1. The van der Waals surface area contributed by atoms with E-state index in [9.17, 15) is 18.0 Å². The Labute approximate surface area is 268 Å². The molecular weight excluding hydrogens is 640 g/mol. The molecule has 226 valence electrons. The molecule has 2 heterocycles. The summed E-state index contributed by atoms with van der Waals surface area (Å²) < 4.78 is 33.4. The molecule has 5 aromatic rings. The smallest absolute Gasteiger partial charge is 0.341 e. The van der Waals surface area contributed by atoms with Gasteiger partial charge in [0.05, 0.1) is 17.3 Å². The van der Waals surface area contributed by atoms with E-state index >= 15 is 0 Å². The largest absolute Gasteiger partial charge is 0.462 e. The average molecular weight is 667 g/mol. The number of para-hydroxylation sites is 1. The van der Waals surface area contributed by atoms with Crippen LogP contribution in [0.25, 0.3) is 16.8 Å². The van der Waals surface area contributed by atoms with Crippen LogP contribution in [0.4, 0.5) is 5.00 Å². The standard InChI is InChI=1S/C31H27ClN4O5S3/c1-3-41-30(38)28-25(21-11-13-22(32)14-12-21)17-42-29(28)33-27(37)18-43-31-35-34-26(36(31)23-7-5-4-6-8-23)19-44(39,40)24-15-9-20(2)10-16-24/h4-17H,3,18-19H2,1-2H3,(H,33,37). The highest BCUT2D eigenvalue weighted by atomic mass is 35.5. The monoisotopic (exact) mass is 666 g/mol. The Bertz CT molecular complexity index is 1890. The number of carbonyl (C=O) groups is 2. The third-order valence-corrected chi connectivity index (χ3v) is 10.1. The normalized spacial score (nSPS) is 11.3. The Morgan fingerprint density at radius 2 is 1.70 bits per heavy atom. The fraction of sp³-hybridized carbons (Fsp3) is 0.161. The first-order valence-corrected chi connectivity index (χ1v) is 17.3. The van der Waals surface area contributed by atoms with E-state index in [1.165, 1.54) is 11.3 Å². The molecule has 0 radical (unpaired) electrons. The number of aromatic nitrogens is 3. The Kier molecular flexibility index (Phi) is 9.84. The second-order valence-corrected chi connectivity index (χ2v) is 13.8. The van der Waals surface area contributed by atoms with Gasteiger partial charge in [-0.2, -0.15) is 0 Å². The van der Waals surface area contributed by atoms with Gasteiger partial charge in [-0.25, -0.2) is 13.2 Å². The van der Waals surface area contributed by atoms with E-state index in [0.717, 1.165) is 22.9 Å². The van der Waals surface area contributed by atoms with Gasteiger partial charge in [0.15, 0.2) is 20.8 Å². The highest BCUT2D eigenvalue weighted by Gasteiger charge is 2.25. The minimum atomic E-state index is -3.72. The van der Waals surface area contributed by atoms with Crippen molar-refractivity contribution in [1.29, 1.82) is 0 Å². The third-order valence-electron chi connectivity index (χ3n) is 6.43. The molecule has 0 fully saturated rings. The van der Waals surface area contributed by atoms with Crippen LogP contribution in [-0.2, 0) is 25.1 Å². The summed E-state index contributed by atoms with van der Waals surface area (Å²) in [6, 6.07) is 22.8. The first-order chi connectivity index (χ1) is 21.2. The molecule has 2 aromatic heterocycles. The van der Waals surface area contributed by atoms with Crippen molar-refractivity contribution in [1.82, 2.24) is 14.8 Å². The number of hydrogen-bond acceptors (Lipinski definition) is 9. The fourth-order valence-electron chi connectivity index (χ4n) is 4.31. The van der Waals surface area contributed by atoms with Crippen LogP contribution in [0.3, 0.4) is 0 Å². The van der Waals surface area contributed by atoms with E-state index in [1.54, 1.807) is 65.4 Å². The van der Waals surface area contributed by atoms with Crippen LogP contribution < -0.4 is 5.32 Å². The van der Waals surface area contributed by atoms with Crippen molar-refractivity contribution >= 4 is 61.4 Å². The number of nitrogens with zero attached hydrogens (tertiary/aromatic N) is 3. The summed E-state index contributed by atoms with van der Waals surface area (Å²) in [5.41, 5.74) is 3.24. The Morgan fingerprint density at radius 3 is 2.39 bits per heavy atom. The lowest BCUT2D eigenvalue weighted by atomic mass is 10.0. The third kappa shape index (κ3) is 7.21. The number of rotatable bonds is 11. The van der Waals surface area contributed by atoms with Crippen LogP contribution in [0.15, 0.2) is 94.3 Å². The topological polar surface area (TPSA) is 120 Å². The molecule has 0 aliphatic rings. The number of esters is 1. The van der Waals surface area contributed by atoms with Crippen LogP contribution in [0.2, 0.25) is 5.02 Å². The number of aryl methyl sites for hydroxylation is 1. The lowest BCUT2D eigenvalue weighted by Gasteiger charge is -2.11.